The summed E-state index contributed by atoms with van der Waals surface area (Å²) in [5.41, 5.74) is 5.20. The van der Waals surface area contributed by atoms with E-state index >= 15 is 0 Å². The molecular weight excluding hydrogens is 504 g/mol. The molecule has 208 valence electrons. The van der Waals surface area contributed by atoms with Gasteiger partial charge in [-0.25, -0.2) is 4.98 Å². The Bertz CT molecular complexity index is 1640. The van der Waals surface area contributed by atoms with Crippen LogP contribution in [0.25, 0.3) is 16.6 Å². The summed E-state index contributed by atoms with van der Waals surface area (Å²) in [5, 5.41) is 10.4. The second-order valence-corrected chi connectivity index (χ2v) is 10.6. The molecule has 0 spiro atoms. The summed E-state index contributed by atoms with van der Waals surface area (Å²) in [6.45, 7) is 8.55. The number of nitrogens with zero attached hydrogens (tertiary/aromatic N) is 8. The highest BCUT2D eigenvalue weighted by Gasteiger charge is 2.19. The zero-order valence-electron chi connectivity index (χ0n) is 23.5. The van der Waals surface area contributed by atoms with Gasteiger partial charge in [0, 0.05) is 70.0 Å². The molecule has 6 rings (SSSR count). The second kappa shape index (κ2) is 11.2. The number of piperazine rings is 1. The van der Waals surface area contributed by atoms with Crippen molar-refractivity contribution >= 4 is 22.3 Å². The van der Waals surface area contributed by atoms with Crippen molar-refractivity contribution in [3.63, 3.8) is 0 Å². The molecule has 1 fully saturated rings. The Kier molecular flexibility index (Phi) is 7.36. The number of hydrogen-bond acceptors (Lipinski definition) is 7. The first-order valence-corrected chi connectivity index (χ1v) is 14.0. The van der Waals surface area contributed by atoms with E-state index in [4.69, 9.17) is 9.84 Å². The van der Waals surface area contributed by atoms with Gasteiger partial charge < -0.3 is 9.64 Å². The highest BCUT2D eigenvalue weighted by molar-refractivity contribution is 5.99. The van der Waals surface area contributed by atoms with Gasteiger partial charge in [0.05, 0.1) is 29.6 Å². The molecular formula is C30H36N8O2. The van der Waals surface area contributed by atoms with E-state index in [1.807, 2.05) is 58.9 Å². The molecule has 0 unspecified atom stereocenters. The molecule has 0 N–H and O–H groups in total. The number of Topliss-reactive ketones (excluding diaryl/α,β-unsaturated/α-hetero) is 1. The van der Waals surface area contributed by atoms with Gasteiger partial charge in [0.1, 0.15) is 23.7 Å². The molecule has 40 heavy (non-hydrogen) atoms. The third-order valence-corrected chi connectivity index (χ3v) is 7.75. The predicted molar refractivity (Wildman–Crippen MR) is 154 cm³/mol. The molecule has 1 saturated heterocycles. The van der Waals surface area contributed by atoms with Crippen LogP contribution in [0.1, 0.15) is 34.4 Å². The number of ketones is 1. The van der Waals surface area contributed by atoms with E-state index < -0.39 is 0 Å². The standard InChI is InChI=1S/C30H36N8O2/c1-4-25-30-22(6-5-7-26(30)38(33-25)21-23-8-10-35(3)32-23)18-28(39)27-20-31-29-19-24(9-11-37(27)29)40-17-16-36-14-12-34(2)13-15-36/h5-11,19-20H,4,12-18,21H2,1-3H3. The molecule has 10 heteroatoms. The van der Waals surface area contributed by atoms with E-state index in [1.165, 1.54) is 0 Å². The number of pyridine rings is 1. The first kappa shape index (κ1) is 26.2. The van der Waals surface area contributed by atoms with Crippen molar-refractivity contribution in [2.45, 2.75) is 26.3 Å². The number of imidazole rings is 1. The Labute approximate surface area is 233 Å². The van der Waals surface area contributed by atoms with E-state index in [-0.39, 0.29) is 12.2 Å². The third-order valence-electron chi connectivity index (χ3n) is 7.75. The number of carbonyl (C=O) groups excluding carboxylic acids is 1. The number of aryl methyl sites for hydroxylation is 2. The highest BCUT2D eigenvalue weighted by atomic mass is 16.5. The fourth-order valence-corrected chi connectivity index (χ4v) is 5.49. The molecule has 0 bridgehead atoms. The number of hydrogen-bond donors (Lipinski definition) is 0. The summed E-state index contributed by atoms with van der Waals surface area (Å²) in [4.78, 5) is 22.8. The van der Waals surface area contributed by atoms with Crippen LogP contribution in [-0.4, -0.2) is 90.9 Å². The number of benzene rings is 1. The average Bonchev–Trinajstić information content (AvgIpc) is 3.67. The molecule has 0 amide bonds. The van der Waals surface area contributed by atoms with Crippen molar-refractivity contribution in [1.82, 2.24) is 38.7 Å². The van der Waals surface area contributed by atoms with Crippen LogP contribution in [0.15, 0.2) is 55.0 Å². The van der Waals surface area contributed by atoms with Gasteiger partial charge in [-0.05, 0) is 37.2 Å². The Morgan fingerprint density at radius 2 is 1.88 bits per heavy atom. The Hall–Kier alpha value is -4.02. The van der Waals surface area contributed by atoms with E-state index in [0.29, 0.717) is 24.5 Å². The van der Waals surface area contributed by atoms with Gasteiger partial charge in [-0.2, -0.15) is 10.2 Å². The highest BCUT2D eigenvalue weighted by Crippen LogP contribution is 2.26. The smallest absolute Gasteiger partial charge is 0.185 e. The van der Waals surface area contributed by atoms with Crippen molar-refractivity contribution in [1.29, 1.82) is 0 Å². The lowest BCUT2D eigenvalue weighted by Gasteiger charge is -2.32. The topological polar surface area (TPSA) is 85.7 Å². The van der Waals surface area contributed by atoms with Crippen LogP contribution in [0.3, 0.4) is 0 Å². The van der Waals surface area contributed by atoms with E-state index in [9.17, 15) is 4.79 Å². The van der Waals surface area contributed by atoms with Crippen molar-refractivity contribution in [2.24, 2.45) is 7.05 Å². The van der Waals surface area contributed by atoms with Crippen molar-refractivity contribution in [3.8, 4) is 5.75 Å². The third kappa shape index (κ3) is 5.37. The largest absolute Gasteiger partial charge is 0.492 e. The maximum atomic E-state index is 13.5. The number of carbonyl (C=O) groups is 1. The van der Waals surface area contributed by atoms with Gasteiger partial charge in [-0.3, -0.25) is 23.5 Å². The quantitative estimate of drug-likeness (QED) is 0.252. The molecule has 0 saturated carbocycles. The number of rotatable bonds is 10. The molecule has 0 radical (unpaired) electrons. The molecule has 1 aliphatic heterocycles. The summed E-state index contributed by atoms with van der Waals surface area (Å²) in [5.74, 6) is 0.784. The summed E-state index contributed by atoms with van der Waals surface area (Å²) in [7, 11) is 4.07. The van der Waals surface area contributed by atoms with Crippen LogP contribution in [0.2, 0.25) is 0 Å². The number of ether oxygens (including phenoxy) is 1. The minimum Gasteiger partial charge on any atom is -0.492 e. The van der Waals surface area contributed by atoms with E-state index in [0.717, 1.165) is 72.7 Å². The first-order valence-electron chi connectivity index (χ1n) is 14.0. The molecule has 5 heterocycles. The summed E-state index contributed by atoms with van der Waals surface area (Å²) < 4.78 is 11.7. The monoisotopic (exact) mass is 540 g/mol. The molecule has 5 aromatic rings. The molecule has 1 aromatic carbocycles. The predicted octanol–water partition coefficient (Wildman–Crippen LogP) is 3.08. The zero-order valence-corrected chi connectivity index (χ0v) is 23.5. The lowest BCUT2D eigenvalue weighted by atomic mass is 10.0. The molecule has 0 atom stereocenters. The van der Waals surface area contributed by atoms with Gasteiger partial charge in [0.25, 0.3) is 0 Å². The van der Waals surface area contributed by atoms with Crippen molar-refractivity contribution in [3.05, 3.63) is 77.6 Å². The fraction of sp³-hybridized carbons (Fsp3) is 0.400. The minimum atomic E-state index is 0.0169. The summed E-state index contributed by atoms with van der Waals surface area (Å²) >= 11 is 0. The van der Waals surface area contributed by atoms with Crippen LogP contribution in [0.4, 0.5) is 0 Å². The molecule has 10 nitrogen and oxygen atoms in total. The maximum Gasteiger partial charge on any atom is 0.185 e. The normalized spacial score (nSPS) is 14.9. The van der Waals surface area contributed by atoms with Gasteiger partial charge in [-0.15, -0.1) is 0 Å². The molecule has 0 aliphatic carbocycles. The lowest BCUT2D eigenvalue weighted by Crippen LogP contribution is -2.45. The van der Waals surface area contributed by atoms with Crippen molar-refractivity contribution in [2.75, 3.05) is 46.4 Å². The van der Waals surface area contributed by atoms with Gasteiger partial charge in [0.2, 0.25) is 0 Å². The summed E-state index contributed by atoms with van der Waals surface area (Å²) in [6, 6.07) is 11.9. The maximum absolute atomic E-state index is 13.5. The number of likely N-dealkylation sites (N-methyl/N-ethyl adjacent to an activating group) is 1. The SMILES string of the molecule is CCc1nn(Cc2ccn(C)n2)c2cccc(CC(=O)c3cnc4cc(OCCN5CCN(C)CC5)ccn34)c12. The van der Waals surface area contributed by atoms with Crippen LogP contribution >= 0.6 is 0 Å². The minimum absolute atomic E-state index is 0.0169. The van der Waals surface area contributed by atoms with Gasteiger partial charge in [0.15, 0.2) is 5.78 Å². The van der Waals surface area contributed by atoms with E-state index in [1.54, 1.807) is 10.9 Å². The van der Waals surface area contributed by atoms with Crippen LogP contribution in [0.5, 0.6) is 5.75 Å². The Morgan fingerprint density at radius 1 is 1.02 bits per heavy atom. The fourth-order valence-electron chi connectivity index (χ4n) is 5.49. The van der Waals surface area contributed by atoms with Gasteiger partial charge >= 0.3 is 0 Å². The average molecular weight is 541 g/mol. The zero-order chi connectivity index (χ0) is 27.6. The van der Waals surface area contributed by atoms with Gasteiger partial charge in [-0.1, -0.05) is 19.1 Å². The molecule has 4 aromatic heterocycles. The van der Waals surface area contributed by atoms with Crippen molar-refractivity contribution < 1.29 is 9.53 Å². The summed E-state index contributed by atoms with van der Waals surface area (Å²) in [6.07, 6.45) is 6.53. The second-order valence-electron chi connectivity index (χ2n) is 10.6. The molecule has 1 aliphatic rings. The van der Waals surface area contributed by atoms with Crippen LogP contribution < -0.4 is 4.74 Å². The Morgan fingerprint density at radius 3 is 2.65 bits per heavy atom. The number of aromatic nitrogens is 6. The first-order chi connectivity index (χ1) is 19.5. The van der Waals surface area contributed by atoms with E-state index in [2.05, 4.69) is 39.9 Å². The van der Waals surface area contributed by atoms with Crippen LogP contribution in [0, 0.1) is 0 Å². The Balaban J connectivity index is 1.17. The lowest BCUT2D eigenvalue weighted by molar-refractivity contribution is 0.0987. The number of fused-ring (bicyclic) bond motifs is 2. The van der Waals surface area contributed by atoms with Crippen LogP contribution in [-0.2, 0) is 26.4 Å².